The Bertz CT molecular complexity index is 671. The third-order valence-corrected chi connectivity index (χ3v) is 4.23. The number of benzene rings is 2. The zero-order valence-corrected chi connectivity index (χ0v) is 15.7. The largest absolute Gasteiger partial charge is 0.399 e. The SMILES string of the molecule is Cl.Cl.Nc1cccc(C(=O)NCc2ccc(CN3CCCC3)cc2)c1. The average Bonchev–Trinajstić information content (AvgIpc) is 3.07. The predicted molar refractivity (Wildman–Crippen MR) is 107 cm³/mol. The van der Waals surface area contributed by atoms with Crippen molar-refractivity contribution in [3.63, 3.8) is 0 Å². The smallest absolute Gasteiger partial charge is 0.251 e. The Balaban J connectivity index is 0.00000156. The van der Waals surface area contributed by atoms with E-state index in [4.69, 9.17) is 5.73 Å². The van der Waals surface area contributed by atoms with E-state index in [2.05, 4.69) is 34.5 Å². The lowest BCUT2D eigenvalue weighted by molar-refractivity contribution is 0.0951. The van der Waals surface area contributed by atoms with Crippen molar-refractivity contribution in [1.82, 2.24) is 10.2 Å². The number of carbonyl (C=O) groups excluding carboxylic acids is 1. The van der Waals surface area contributed by atoms with E-state index in [9.17, 15) is 4.79 Å². The van der Waals surface area contributed by atoms with Crippen molar-refractivity contribution >= 4 is 36.4 Å². The van der Waals surface area contributed by atoms with E-state index in [1.54, 1.807) is 24.3 Å². The van der Waals surface area contributed by atoms with Gasteiger partial charge in [0, 0.05) is 24.3 Å². The van der Waals surface area contributed by atoms with Gasteiger partial charge in [0.05, 0.1) is 0 Å². The van der Waals surface area contributed by atoms with Crippen molar-refractivity contribution in [2.75, 3.05) is 18.8 Å². The van der Waals surface area contributed by atoms with Crippen LogP contribution in [0.3, 0.4) is 0 Å². The molecule has 4 nitrogen and oxygen atoms in total. The Morgan fingerprint density at radius 1 is 1.00 bits per heavy atom. The molecule has 3 rings (SSSR count). The first kappa shape index (κ1) is 21.3. The van der Waals surface area contributed by atoms with E-state index in [-0.39, 0.29) is 30.7 Å². The molecule has 0 aliphatic carbocycles. The molecule has 3 N–H and O–H groups in total. The van der Waals surface area contributed by atoms with Crippen LogP contribution in [0.4, 0.5) is 5.69 Å². The fourth-order valence-electron chi connectivity index (χ4n) is 2.93. The highest BCUT2D eigenvalue weighted by Crippen LogP contribution is 2.13. The number of halogens is 2. The third-order valence-electron chi connectivity index (χ3n) is 4.23. The molecule has 1 aliphatic heterocycles. The van der Waals surface area contributed by atoms with Crippen LogP contribution in [0.25, 0.3) is 0 Å². The number of anilines is 1. The molecule has 1 fully saturated rings. The molecule has 0 radical (unpaired) electrons. The highest BCUT2D eigenvalue weighted by Gasteiger charge is 2.11. The molecule has 0 saturated carbocycles. The topological polar surface area (TPSA) is 58.4 Å². The molecule has 2 aromatic carbocycles. The number of nitrogens with one attached hydrogen (secondary N) is 1. The quantitative estimate of drug-likeness (QED) is 0.777. The molecule has 6 heteroatoms. The molecular weight excluding hydrogens is 357 g/mol. The van der Waals surface area contributed by atoms with Gasteiger partial charge in [-0.2, -0.15) is 0 Å². The summed E-state index contributed by atoms with van der Waals surface area (Å²) in [6, 6.07) is 15.5. The lowest BCUT2D eigenvalue weighted by Gasteiger charge is -2.14. The Morgan fingerprint density at radius 2 is 1.64 bits per heavy atom. The molecule has 2 aromatic rings. The molecule has 0 unspecified atom stereocenters. The van der Waals surface area contributed by atoms with Gasteiger partial charge < -0.3 is 11.1 Å². The molecule has 25 heavy (non-hydrogen) atoms. The van der Waals surface area contributed by atoms with Crippen LogP contribution in [-0.4, -0.2) is 23.9 Å². The third kappa shape index (κ3) is 6.24. The molecular formula is C19H25Cl2N3O. The maximum Gasteiger partial charge on any atom is 0.251 e. The Morgan fingerprint density at radius 3 is 2.28 bits per heavy atom. The van der Waals surface area contributed by atoms with Gasteiger partial charge in [0.25, 0.3) is 5.91 Å². The van der Waals surface area contributed by atoms with Crippen molar-refractivity contribution < 1.29 is 4.79 Å². The highest BCUT2D eigenvalue weighted by atomic mass is 35.5. The van der Waals surface area contributed by atoms with Gasteiger partial charge in [-0.3, -0.25) is 9.69 Å². The van der Waals surface area contributed by atoms with Crippen molar-refractivity contribution in [2.45, 2.75) is 25.9 Å². The summed E-state index contributed by atoms with van der Waals surface area (Å²) >= 11 is 0. The van der Waals surface area contributed by atoms with Gasteiger partial charge in [0.15, 0.2) is 0 Å². The second kappa shape index (κ2) is 10.3. The summed E-state index contributed by atoms with van der Waals surface area (Å²) in [4.78, 5) is 14.6. The number of rotatable bonds is 5. The van der Waals surface area contributed by atoms with Crippen molar-refractivity contribution in [2.24, 2.45) is 0 Å². The minimum Gasteiger partial charge on any atom is -0.399 e. The Labute approximate surface area is 161 Å². The van der Waals surface area contributed by atoms with E-state index in [0.717, 1.165) is 12.1 Å². The van der Waals surface area contributed by atoms with E-state index in [1.807, 2.05) is 0 Å². The van der Waals surface area contributed by atoms with E-state index in [1.165, 1.54) is 31.5 Å². The predicted octanol–water partition coefficient (Wildman–Crippen LogP) is 3.64. The lowest BCUT2D eigenvalue weighted by atomic mass is 10.1. The van der Waals surface area contributed by atoms with E-state index in [0.29, 0.717) is 17.8 Å². The molecule has 0 bridgehead atoms. The fourth-order valence-corrected chi connectivity index (χ4v) is 2.93. The van der Waals surface area contributed by atoms with Gasteiger partial charge in [-0.25, -0.2) is 0 Å². The summed E-state index contributed by atoms with van der Waals surface area (Å²) in [6.45, 7) is 3.96. The van der Waals surface area contributed by atoms with Crippen LogP contribution < -0.4 is 11.1 Å². The molecule has 136 valence electrons. The zero-order valence-electron chi connectivity index (χ0n) is 14.1. The number of amides is 1. The van der Waals surface area contributed by atoms with Crippen molar-refractivity contribution in [3.8, 4) is 0 Å². The van der Waals surface area contributed by atoms with Crippen LogP contribution >= 0.6 is 24.8 Å². The van der Waals surface area contributed by atoms with Gasteiger partial charge in [-0.05, 0) is 55.3 Å². The molecule has 1 amide bonds. The number of hydrogen-bond donors (Lipinski definition) is 2. The van der Waals surface area contributed by atoms with Crippen LogP contribution in [-0.2, 0) is 13.1 Å². The minimum absolute atomic E-state index is 0. The molecule has 1 saturated heterocycles. The number of likely N-dealkylation sites (tertiary alicyclic amines) is 1. The number of hydrogen-bond acceptors (Lipinski definition) is 3. The van der Waals surface area contributed by atoms with E-state index >= 15 is 0 Å². The first-order valence-electron chi connectivity index (χ1n) is 8.14. The van der Waals surface area contributed by atoms with Gasteiger partial charge in [0.2, 0.25) is 0 Å². The van der Waals surface area contributed by atoms with Crippen molar-refractivity contribution in [1.29, 1.82) is 0 Å². The Hall–Kier alpha value is -1.75. The van der Waals surface area contributed by atoms with Gasteiger partial charge in [-0.15, -0.1) is 24.8 Å². The van der Waals surface area contributed by atoms with Crippen LogP contribution in [0, 0.1) is 0 Å². The minimum atomic E-state index is -0.0987. The number of carbonyl (C=O) groups is 1. The summed E-state index contributed by atoms with van der Waals surface area (Å²) in [5, 5.41) is 2.93. The first-order valence-corrected chi connectivity index (χ1v) is 8.14. The van der Waals surface area contributed by atoms with Crippen LogP contribution in [0.1, 0.15) is 34.3 Å². The van der Waals surface area contributed by atoms with Crippen LogP contribution in [0.15, 0.2) is 48.5 Å². The lowest BCUT2D eigenvalue weighted by Crippen LogP contribution is -2.23. The maximum atomic E-state index is 12.1. The average molecular weight is 382 g/mol. The van der Waals surface area contributed by atoms with E-state index < -0.39 is 0 Å². The fraction of sp³-hybridized carbons (Fsp3) is 0.316. The van der Waals surface area contributed by atoms with Gasteiger partial charge >= 0.3 is 0 Å². The summed E-state index contributed by atoms with van der Waals surface area (Å²) < 4.78 is 0. The van der Waals surface area contributed by atoms with Gasteiger partial charge in [0.1, 0.15) is 0 Å². The summed E-state index contributed by atoms with van der Waals surface area (Å²) in [5.74, 6) is -0.0987. The molecule has 0 atom stereocenters. The zero-order chi connectivity index (χ0) is 16.1. The van der Waals surface area contributed by atoms with Gasteiger partial charge in [-0.1, -0.05) is 30.3 Å². The summed E-state index contributed by atoms with van der Waals surface area (Å²) in [5.41, 5.74) is 9.33. The number of nitrogens with two attached hydrogens (primary N) is 1. The second-order valence-corrected chi connectivity index (χ2v) is 6.11. The monoisotopic (exact) mass is 381 g/mol. The molecule has 1 heterocycles. The summed E-state index contributed by atoms with van der Waals surface area (Å²) in [7, 11) is 0. The van der Waals surface area contributed by atoms with Crippen LogP contribution in [0.2, 0.25) is 0 Å². The second-order valence-electron chi connectivity index (χ2n) is 6.11. The number of nitrogens with zero attached hydrogens (tertiary/aromatic N) is 1. The molecule has 1 aliphatic rings. The normalized spacial score (nSPS) is 13.6. The van der Waals surface area contributed by atoms with Crippen molar-refractivity contribution in [3.05, 3.63) is 65.2 Å². The summed E-state index contributed by atoms with van der Waals surface area (Å²) in [6.07, 6.45) is 2.63. The molecule has 0 aromatic heterocycles. The van der Waals surface area contributed by atoms with Crippen LogP contribution in [0.5, 0.6) is 0 Å². The number of nitrogen functional groups attached to an aromatic ring is 1. The molecule has 0 spiro atoms. The standard InChI is InChI=1S/C19H23N3O.2ClH/c20-18-5-3-4-17(12-18)19(23)21-13-15-6-8-16(9-7-15)14-22-10-1-2-11-22;;/h3-9,12H,1-2,10-11,13-14,20H2,(H,21,23);2*1H. The maximum absolute atomic E-state index is 12.1. The Kier molecular flexibility index (Phi) is 8.76. The first-order chi connectivity index (χ1) is 11.2. The highest BCUT2D eigenvalue weighted by molar-refractivity contribution is 5.94.